The van der Waals surface area contributed by atoms with E-state index in [1.165, 1.54) is 0 Å². The predicted octanol–water partition coefficient (Wildman–Crippen LogP) is 6.78. The minimum absolute atomic E-state index is 0.176. The highest BCUT2D eigenvalue weighted by atomic mass is 19.4. The number of hydrogen-bond acceptors (Lipinski definition) is 1. The van der Waals surface area contributed by atoms with E-state index in [9.17, 15) is 96.6 Å². The normalized spacial score (nSPS) is 16.6. The standard InChI is InChI=1S/C12H5F22N/c13-3(14,5(17,18)7(21,22)9(25,26)11(29,30)31)1-35-2-4(15,16)6(19,20)8(23,24)10(27,28)12(32,33)34/h35H,1-2H2. The molecule has 0 rings (SSSR count). The van der Waals surface area contributed by atoms with Gasteiger partial charge in [0.05, 0.1) is 13.1 Å². The molecule has 0 unspecified atom stereocenters. The summed E-state index contributed by atoms with van der Waals surface area (Å²) in [5, 5.41) is -0.176. The van der Waals surface area contributed by atoms with Gasteiger partial charge in [0.1, 0.15) is 0 Å². The third-order valence-corrected chi connectivity index (χ3v) is 3.90. The third-order valence-electron chi connectivity index (χ3n) is 3.90. The van der Waals surface area contributed by atoms with Gasteiger partial charge in [-0.05, 0) is 0 Å². The molecule has 0 aromatic heterocycles. The first-order valence-corrected chi connectivity index (χ1v) is 7.57. The van der Waals surface area contributed by atoms with Gasteiger partial charge in [0.25, 0.3) is 0 Å². The Morgan fingerprint density at radius 1 is 0.286 bits per heavy atom. The maximum Gasteiger partial charge on any atom is 0.460 e. The van der Waals surface area contributed by atoms with Crippen molar-refractivity contribution in [1.82, 2.24) is 5.32 Å². The van der Waals surface area contributed by atoms with E-state index in [1.54, 1.807) is 0 Å². The molecule has 0 amide bonds. The predicted molar refractivity (Wildman–Crippen MR) is 64.6 cm³/mol. The largest absolute Gasteiger partial charge is 0.460 e. The molecule has 1 nitrogen and oxygen atoms in total. The summed E-state index contributed by atoms with van der Waals surface area (Å²) in [7, 11) is 0. The van der Waals surface area contributed by atoms with Gasteiger partial charge in [0, 0.05) is 0 Å². The molecular formula is C12H5F22N. The van der Waals surface area contributed by atoms with Crippen molar-refractivity contribution < 1.29 is 96.6 Å². The molecule has 0 aromatic rings. The van der Waals surface area contributed by atoms with Crippen LogP contribution >= 0.6 is 0 Å². The van der Waals surface area contributed by atoms with Gasteiger partial charge in [-0.2, -0.15) is 96.6 Å². The molecule has 0 radical (unpaired) electrons. The summed E-state index contributed by atoms with van der Waals surface area (Å²) in [6, 6.07) is 0. The number of rotatable bonds is 10. The van der Waals surface area contributed by atoms with E-state index in [2.05, 4.69) is 0 Å². The zero-order valence-electron chi connectivity index (χ0n) is 15.2. The fraction of sp³-hybridized carbons (Fsp3) is 1.00. The SMILES string of the molecule is FC(F)(F)C(F)(F)C(F)(F)C(F)(F)C(F)(F)CNCC(F)(F)C(F)(F)C(F)(F)C(F)(F)C(F)(F)F. The van der Waals surface area contributed by atoms with Crippen LogP contribution in [-0.2, 0) is 0 Å². The maximum atomic E-state index is 13.2. The Balaban J connectivity index is 5.95. The van der Waals surface area contributed by atoms with Crippen molar-refractivity contribution >= 4 is 0 Å². The van der Waals surface area contributed by atoms with E-state index in [4.69, 9.17) is 0 Å². The summed E-state index contributed by atoms with van der Waals surface area (Å²) in [4.78, 5) is 0. The average Bonchev–Trinajstić information content (AvgIpc) is 2.58. The van der Waals surface area contributed by atoms with Crippen LogP contribution in [0.5, 0.6) is 0 Å². The number of hydrogen-bond donors (Lipinski definition) is 1. The Bertz CT molecular complexity index is 679. The molecular weight excluding hydrogens is 576 g/mol. The molecule has 0 atom stereocenters. The van der Waals surface area contributed by atoms with Gasteiger partial charge in [0.2, 0.25) is 0 Å². The Labute approximate surface area is 176 Å². The number of nitrogens with one attached hydrogen (secondary N) is 1. The number of halogens is 22. The lowest BCUT2D eigenvalue weighted by Crippen LogP contribution is -2.69. The van der Waals surface area contributed by atoms with Crippen LogP contribution in [-0.4, -0.2) is 72.8 Å². The molecule has 0 spiro atoms. The lowest BCUT2D eigenvalue weighted by molar-refractivity contribution is -0.423. The molecule has 0 heterocycles. The van der Waals surface area contributed by atoms with Crippen molar-refractivity contribution in [2.45, 2.75) is 59.7 Å². The van der Waals surface area contributed by atoms with Gasteiger partial charge >= 0.3 is 59.7 Å². The van der Waals surface area contributed by atoms with Crippen LogP contribution in [0.3, 0.4) is 0 Å². The van der Waals surface area contributed by atoms with Crippen LogP contribution in [0.4, 0.5) is 96.6 Å². The molecule has 0 aliphatic heterocycles. The van der Waals surface area contributed by atoms with Crippen LogP contribution in [0.15, 0.2) is 0 Å². The van der Waals surface area contributed by atoms with Gasteiger partial charge in [0.15, 0.2) is 0 Å². The molecule has 0 aliphatic rings. The molecule has 0 fully saturated rings. The van der Waals surface area contributed by atoms with E-state index in [-0.39, 0.29) is 5.32 Å². The van der Waals surface area contributed by atoms with Crippen LogP contribution < -0.4 is 5.32 Å². The van der Waals surface area contributed by atoms with Crippen LogP contribution in [0.2, 0.25) is 0 Å². The topological polar surface area (TPSA) is 12.0 Å². The highest BCUT2D eigenvalue weighted by molar-refractivity contribution is 5.09. The lowest BCUT2D eigenvalue weighted by Gasteiger charge is -2.38. The molecule has 0 saturated carbocycles. The zero-order valence-corrected chi connectivity index (χ0v) is 15.2. The second kappa shape index (κ2) is 8.48. The number of alkyl halides is 22. The Hall–Kier alpha value is -1.58. The molecule has 0 bridgehead atoms. The monoisotopic (exact) mass is 581 g/mol. The van der Waals surface area contributed by atoms with Gasteiger partial charge < -0.3 is 5.32 Å². The molecule has 35 heavy (non-hydrogen) atoms. The first-order valence-electron chi connectivity index (χ1n) is 7.57. The van der Waals surface area contributed by atoms with Crippen molar-refractivity contribution in [3.8, 4) is 0 Å². The van der Waals surface area contributed by atoms with E-state index in [0.29, 0.717) is 0 Å². The van der Waals surface area contributed by atoms with Gasteiger partial charge in [-0.15, -0.1) is 0 Å². The van der Waals surface area contributed by atoms with Crippen molar-refractivity contribution in [2.75, 3.05) is 13.1 Å². The van der Waals surface area contributed by atoms with Crippen LogP contribution in [0, 0.1) is 0 Å². The van der Waals surface area contributed by atoms with E-state index >= 15 is 0 Å². The fourth-order valence-electron chi connectivity index (χ4n) is 1.81. The van der Waals surface area contributed by atoms with E-state index in [0.717, 1.165) is 0 Å². The second-order valence-electron chi connectivity index (χ2n) is 6.45. The summed E-state index contributed by atoms with van der Waals surface area (Å²) in [5.74, 6) is -61.8. The summed E-state index contributed by atoms with van der Waals surface area (Å²) in [5.41, 5.74) is 0. The van der Waals surface area contributed by atoms with Crippen molar-refractivity contribution in [2.24, 2.45) is 0 Å². The van der Waals surface area contributed by atoms with Crippen molar-refractivity contribution in [3.05, 3.63) is 0 Å². The molecule has 1 N–H and O–H groups in total. The summed E-state index contributed by atoms with van der Waals surface area (Å²) >= 11 is 0. The van der Waals surface area contributed by atoms with Crippen molar-refractivity contribution in [3.63, 3.8) is 0 Å². The quantitative estimate of drug-likeness (QED) is 0.281. The minimum atomic E-state index is -8.07. The maximum absolute atomic E-state index is 13.2. The van der Waals surface area contributed by atoms with Gasteiger partial charge in [-0.1, -0.05) is 0 Å². The molecule has 0 aromatic carbocycles. The first-order chi connectivity index (χ1) is 14.7. The molecule has 23 heteroatoms. The molecule has 0 saturated heterocycles. The second-order valence-corrected chi connectivity index (χ2v) is 6.45. The molecule has 0 aliphatic carbocycles. The van der Waals surface area contributed by atoms with Gasteiger partial charge in [-0.25, -0.2) is 0 Å². The molecule has 212 valence electrons. The Kier molecular flexibility index (Phi) is 8.10. The average molecular weight is 581 g/mol. The zero-order chi connectivity index (χ0) is 29.1. The van der Waals surface area contributed by atoms with Gasteiger partial charge in [-0.3, -0.25) is 0 Å². The summed E-state index contributed by atoms with van der Waals surface area (Å²) < 4.78 is 279. The lowest BCUT2D eigenvalue weighted by atomic mass is 9.97. The minimum Gasteiger partial charge on any atom is -0.305 e. The van der Waals surface area contributed by atoms with Crippen LogP contribution in [0.25, 0.3) is 0 Å². The highest BCUT2D eigenvalue weighted by Gasteiger charge is 2.88. The summed E-state index contributed by atoms with van der Waals surface area (Å²) in [6.45, 7) is -7.42. The van der Waals surface area contributed by atoms with Crippen LogP contribution in [0.1, 0.15) is 0 Å². The Morgan fingerprint density at radius 2 is 0.486 bits per heavy atom. The smallest absolute Gasteiger partial charge is 0.305 e. The van der Waals surface area contributed by atoms with Crippen molar-refractivity contribution in [1.29, 1.82) is 0 Å². The highest BCUT2D eigenvalue weighted by Crippen LogP contribution is 2.58. The fourth-order valence-corrected chi connectivity index (χ4v) is 1.81. The Morgan fingerprint density at radius 3 is 0.657 bits per heavy atom. The summed E-state index contributed by atoms with van der Waals surface area (Å²) in [6.07, 6.45) is -15.3. The first kappa shape index (κ1) is 33.4. The third kappa shape index (κ3) is 4.88. The van der Waals surface area contributed by atoms with E-state index in [1.807, 2.05) is 0 Å². The van der Waals surface area contributed by atoms with E-state index < -0.39 is 72.8 Å².